The normalized spacial score (nSPS) is 14.0. The zero-order valence-electron chi connectivity index (χ0n) is 7.56. The predicted molar refractivity (Wildman–Crippen MR) is 48.2 cm³/mol. The van der Waals surface area contributed by atoms with Crippen LogP contribution in [-0.2, 0) is 24.2 Å². The molecule has 1 aliphatic rings. The first kappa shape index (κ1) is 8.93. The van der Waals surface area contributed by atoms with Crippen molar-refractivity contribution in [3.8, 4) is 0 Å². The van der Waals surface area contributed by atoms with E-state index in [1.807, 2.05) is 0 Å². The number of nitrogens with zero attached hydrogens (tertiary/aromatic N) is 2. The number of aromatic nitrogens is 2. The van der Waals surface area contributed by atoms with Crippen molar-refractivity contribution in [2.24, 2.45) is 0 Å². The van der Waals surface area contributed by atoms with Crippen LogP contribution < -0.4 is 5.56 Å². The maximum atomic E-state index is 11.7. The van der Waals surface area contributed by atoms with Crippen LogP contribution in [0.2, 0.25) is 0 Å². The van der Waals surface area contributed by atoms with Crippen molar-refractivity contribution < 1.29 is 9.90 Å². The van der Waals surface area contributed by atoms with E-state index < -0.39 is 5.97 Å². The molecular formula is C9H10N2O3. The summed E-state index contributed by atoms with van der Waals surface area (Å²) in [5, 5.41) is 8.55. The number of fused-ring (bicyclic) bond motifs is 1. The molecule has 0 bridgehead atoms. The Kier molecular flexibility index (Phi) is 2.07. The second-order valence-electron chi connectivity index (χ2n) is 3.35. The van der Waals surface area contributed by atoms with Crippen molar-refractivity contribution in [2.45, 2.75) is 25.8 Å². The average molecular weight is 194 g/mol. The van der Waals surface area contributed by atoms with Crippen LogP contribution in [0.5, 0.6) is 0 Å². The van der Waals surface area contributed by atoms with Gasteiger partial charge in [0.1, 0.15) is 6.54 Å². The molecule has 0 radical (unpaired) electrons. The summed E-state index contributed by atoms with van der Waals surface area (Å²) in [7, 11) is 0. The molecule has 0 spiro atoms. The molecule has 0 atom stereocenters. The third-order valence-electron chi connectivity index (χ3n) is 2.37. The summed E-state index contributed by atoms with van der Waals surface area (Å²) in [5.74, 6) is -1.02. The van der Waals surface area contributed by atoms with Crippen LogP contribution in [-0.4, -0.2) is 20.6 Å². The maximum absolute atomic E-state index is 11.7. The molecule has 0 fully saturated rings. The molecule has 5 heteroatoms. The van der Waals surface area contributed by atoms with Crippen LogP contribution in [0.4, 0.5) is 0 Å². The van der Waals surface area contributed by atoms with Crippen molar-refractivity contribution >= 4 is 5.97 Å². The van der Waals surface area contributed by atoms with Crippen LogP contribution in [0, 0.1) is 0 Å². The highest BCUT2D eigenvalue weighted by atomic mass is 16.4. The number of hydrogen-bond donors (Lipinski definition) is 1. The van der Waals surface area contributed by atoms with Crippen molar-refractivity contribution in [3.05, 3.63) is 27.9 Å². The van der Waals surface area contributed by atoms with Gasteiger partial charge >= 0.3 is 5.97 Å². The summed E-state index contributed by atoms with van der Waals surface area (Å²) in [5.41, 5.74) is 1.32. The number of carboxylic acid groups (broad SMARTS) is 1. The third kappa shape index (κ3) is 1.41. The molecule has 14 heavy (non-hydrogen) atoms. The minimum Gasteiger partial charge on any atom is -0.480 e. The van der Waals surface area contributed by atoms with Gasteiger partial charge in [0.2, 0.25) is 0 Å². The fraction of sp³-hybridized carbons (Fsp3) is 0.444. The van der Waals surface area contributed by atoms with Crippen LogP contribution >= 0.6 is 0 Å². The Labute approximate surface area is 80.0 Å². The van der Waals surface area contributed by atoms with E-state index in [9.17, 15) is 9.59 Å². The van der Waals surface area contributed by atoms with E-state index in [4.69, 9.17) is 5.11 Å². The summed E-state index contributed by atoms with van der Waals surface area (Å²) in [6.45, 7) is -0.306. The molecule has 5 nitrogen and oxygen atoms in total. The number of carboxylic acids is 1. The lowest BCUT2D eigenvalue weighted by Crippen LogP contribution is -2.27. The van der Waals surface area contributed by atoms with Crippen LogP contribution in [0.25, 0.3) is 0 Å². The van der Waals surface area contributed by atoms with Crippen molar-refractivity contribution in [2.75, 3.05) is 0 Å². The fourth-order valence-corrected chi connectivity index (χ4v) is 1.72. The van der Waals surface area contributed by atoms with Crippen molar-refractivity contribution in [1.29, 1.82) is 0 Å². The monoisotopic (exact) mass is 194 g/mol. The molecule has 0 amide bonds. The quantitative estimate of drug-likeness (QED) is 0.708. The highest BCUT2D eigenvalue weighted by Crippen LogP contribution is 2.14. The lowest BCUT2D eigenvalue weighted by Gasteiger charge is -2.03. The van der Waals surface area contributed by atoms with Gasteiger partial charge < -0.3 is 5.11 Å². The van der Waals surface area contributed by atoms with E-state index in [2.05, 4.69) is 4.98 Å². The lowest BCUT2D eigenvalue weighted by atomic mass is 10.2. The molecule has 1 aromatic heterocycles. The molecule has 1 aliphatic carbocycles. The average Bonchev–Trinajstić information content (AvgIpc) is 2.57. The van der Waals surface area contributed by atoms with Gasteiger partial charge in [0, 0.05) is 5.56 Å². The Hall–Kier alpha value is -1.65. The molecule has 2 rings (SSSR count). The van der Waals surface area contributed by atoms with Crippen LogP contribution in [0.3, 0.4) is 0 Å². The summed E-state index contributed by atoms with van der Waals surface area (Å²) in [4.78, 5) is 26.2. The Morgan fingerprint density at radius 1 is 1.57 bits per heavy atom. The van der Waals surface area contributed by atoms with Gasteiger partial charge in [0.25, 0.3) is 5.56 Å². The van der Waals surface area contributed by atoms with E-state index in [-0.39, 0.29) is 12.1 Å². The Morgan fingerprint density at radius 3 is 3.07 bits per heavy atom. The first-order valence-electron chi connectivity index (χ1n) is 4.47. The second-order valence-corrected chi connectivity index (χ2v) is 3.35. The third-order valence-corrected chi connectivity index (χ3v) is 2.37. The fourth-order valence-electron chi connectivity index (χ4n) is 1.72. The predicted octanol–water partition coefficient (Wildman–Crippen LogP) is -0.183. The van der Waals surface area contributed by atoms with Gasteiger partial charge in [-0.05, 0) is 19.3 Å². The zero-order chi connectivity index (χ0) is 10.1. The van der Waals surface area contributed by atoms with E-state index in [1.165, 1.54) is 6.33 Å². The molecule has 0 aromatic carbocycles. The standard InChI is InChI=1S/C9H10N2O3/c12-8(13)4-11-5-10-7-3-1-2-6(7)9(11)14/h5H,1-4H2,(H,12,13). The minimum absolute atomic E-state index is 0.199. The molecule has 0 saturated heterocycles. The first-order valence-corrected chi connectivity index (χ1v) is 4.47. The number of carbonyl (C=O) groups is 1. The summed E-state index contributed by atoms with van der Waals surface area (Å²) >= 11 is 0. The Morgan fingerprint density at radius 2 is 2.36 bits per heavy atom. The minimum atomic E-state index is -1.02. The van der Waals surface area contributed by atoms with Crippen LogP contribution in [0.1, 0.15) is 17.7 Å². The van der Waals surface area contributed by atoms with E-state index in [0.29, 0.717) is 5.56 Å². The Bertz CT molecular complexity index is 436. The van der Waals surface area contributed by atoms with Gasteiger partial charge in [-0.3, -0.25) is 14.2 Å². The van der Waals surface area contributed by atoms with Gasteiger partial charge in [-0.15, -0.1) is 0 Å². The molecular weight excluding hydrogens is 184 g/mol. The second kappa shape index (κ2) is 3.25. The molecule has 0 saturated carbocycles. The molecule has 1 aromatic rings. The summed E-state index contributed by atoms with van der Waals surface area (Å²) < 4.78 is 1.15. The number of hydrogen-bond acceptors (Lipinski definition) is 3. The molecule has 1 heterocycles. The SMILES string of the molecule is O=C(O)Cn1cnc2c(c1=O)CCC2. The van der Waals surface area contributed by atoms with Gasteiger partial charge in [0.05, 0.1) is 12.0 Å². The first-order chi connectivity index (χ1) is 6.68. The van der Waals surface area contributed by atoms with E-state index in [1.54, 1.807) is 0 Å². The summed E-state index contributed by atoms with van der Waals surface area (Å²) in [6.07, 6.45) is 3.81. The smallest absolute Gasteiger partial charge is 0.323 e. The van der Waals surface area contributed by atoms with Crippen molar-refractivity contribution in [1.82, 2.24) is 9.55 Å². The topological polar surface area (TPSA) is 72.2 Å². The highest BCUT2D eigenvalue weighted by Gasteiger charge is 2.17. The van der Waals surface area contributed by atoms with Gasteiger partial charge in [-0.25, -0.2) is 4.98 Å². The highest BCUT2D eigenvalue weighted by molar-refractivity contribution is 5.66. The number of aryl methyl sites for hydroxylation is 1. The van der Waals surface area contributed by atoms with E-state index >= 15 is 0 Å². The van der Waals surface area contributed by atoms with Gasteiger partial charge in [-0.2, -0.15) is 0 Å². The lowest BCUT2D eigenvalue weighted by molar-refractivity contribution is -0.137. The molecule has 74 valence electrons. The number of rotatable bonds is 2. The number of aliphatic carboxylic acids is 1. The zero-order valence-corrected chi connectivity index (χ0v) is 7.56. The van der Waals surface area contributed by atoms with Gasteiger partial charge in [0.15, 0.2) is 0 Å². The van der Waals surface area contributed by atoms with Crippen molar-refractivity contribution in [3.63, 3.8) is 0 Å². The summed E-state index contributed by atoms with van der Waals surface area (Å²) in [6, 6.07) is 0. The van der Waals surface area contributed by atoms with Crippen LogP contribution in [0.15, 0.2) is 11.1 Å². The molecule has 0 aliphatic heterocycles. The largest absolute Gasteiger partial charge is 0.480 e. The molecule has 0 unspecified atom stereocenters. The maximum Gasteiger partial charge on any atom is 0.323 e. The van der Waals surface area contributed by atoms with Gasteiger partial charge in [-0.1, -0.05) is 0 Å². The Balaban J connectivity index is 2.45. The van der Waals surface area contributed by atoms with E-state index in [0.717, 1.165) is 29.5 Å². The molecule has 1 N–H and O–H groups in total.